The van der Waals surface area contributed by atoms with Crippen LogP contribution in [0.2, 0.25) is 0 Å². The Morgan fingerprint density at radius 3 is 2.62 bits per heavy atom. The summed E-state index contributed by atoms with van der Waals surface area (Å²) in [5.41, 5.74) is 1.98. The molecule has 0 fully saturated rings. The molecule has 0 aliphatic rings. The van der Waals surface area contributed by atoms with Crippen LogP contribution in [0, 0.1) is 0 Å². The molecular formula is C18H18N4O3S. The van der Waals surface area contributed by atoms with Crippen molar-refractivity contribution < 1.29 is 13.2 Å². The number of rotatable bonds is 5. The van der Waals surface area contributed by atoms with Gasteiger partial charge in [-0.25, -0.2) is 18.2 Å². The van der Waals surface area contributed by atoms with E-state index in [0.29, 0.717) is 28.9 Å². The molecular weight excluding hydrogens is 352 g/mol. The molecule has 2 aromatic carbocycles. The predicted molar refractivity (Wildman–Crippen MR) is 98.7 cm³/mol. The third-order valence-corrected chi connectivity index (χ3v) is 4.91. The summed E-state index contributed by atoms with van der Waals surface area (Å²) in [5.74, 6) is -0.374. The van der Waals surface area contributed by atoms with Crippen LogP contribution in [-0.4, -0.2) is 24.1 Å². The van der Waals surface area contributed by atoms with Gasteiger partial charge in [0.1, 0.15) is 0 Å². The van der Waals surface area contributed by atoms with E-state index in [-0.39, 0.29) is 10.8 Å². The standard InChI is InChI=1S/C18H18N4O3S/c1-2-13-8-9-14(12-17(13)26(19,24)25)21-18(23)15-6-3-4-7-16(15)22-11-5-10-20-22/h3-12H,2H2,1H3,(H,21,23)(H2,19,24,25). The fourth-order valence-corrected chi connectivity index (χ4v) is 3.53. The summed E-state index contributed by atoms with van der Waals surface area (Å²) in [6, 6.07) is 13.4. The van der Waals surface area contributed by atoms with Gasteiger partial charge in [-0.2, -0.15) is 5.10 Å². The third kappa shape index (κ3) is 3.66. The fraction of sp³-hybridized carbons (Fsp3) is 0.111. The van der Waals surface area contributed by atoms with Gasteiger partial charge in [-0.3, -0.25) is 4.79 Å². The van der Waals surface area contributed by atoms with Gasteiger partial charge in [0.05, 0.1) is 16.1 Å². The van der Waals surface area contributed by atoms with Crippen LogP contribution < -0.4 is 10.5 Å². The zero-order chi connectivity index (χ0) is 18.7. The normalized spacial score (nSPS) is 11.3. The number of sulfonamides is 1. The number of nitrogens with zero attached hydrogens (tertiary/aromatic N) is 2. The number of nitrogens with two attached hydrogens (primary N) is 1. The van der Waals surface area contributed by atoms with E-state index in [4.69, 9.17) is 5.14 Å². The van der Waals surface area contributed by atoms with Crippen molar-refractivity contribution in [3.63, 3.8) is 0 Å². The average Bonchev–Trinajstić information content (AvgIpc) is 3.15. The average molecular weight is 370 g/mol. The first-order valence-corrected chi connectivity index (χ1v) is 9.51. The highest BCUT2D eigenvalue weighted by molar-refractivity contribution is 7.89. The lowest BCUT2D eigenvalue weighted by atomic mass is 10.1. The summed E-state index contributed by atoms with van der Waals surface area (Å²) in [4.78, 5) is 12.7. The molecule has 134 valence electrons. The second kappa shape index (κ2) is 7.11. The molecule has 3 N–H and O–H groups in total. The number of para-hydroxylation sites is 1. The minimum atomic E-state index is -3.88. The number of hydrogen-bond donors (Lipinski definition) is 2. The number of aryl methyl sites for hydroxylation is 1. The van der Waals surface area contributed by atoms with Crippen molar-refractivity contribution in [3.05, 3.63) is 72.1 Å². The Bertz CT molecular complexity index is 1040. The van der Waals surface area contributed by atoms with Gasteiger partial charge in [0.15, 0.2) is 0 Å². The van der Waals surface area contributed by atoms with Crippen molar-refractivity contribution in [2.45, 2.75) is 18.2 Å². The van der Waals surface area contributed by atoms with Crippen LogP contribution in [0.5, 0.6) is 0 Å². The molecule has 1 amide bonds. The highest BCUT2D eigenvalue weighted by Crippen LogP contribution is 2.22. The largest absolute Gasteiger partial charge is 0.322 e. The van der Waals surface area contributed by atoms with Gasteiger partial charge in [-0.05, 0) is 42.3 Å². The van der Waals surface area contributed by atoms with Crippen LogP contribution in [0.4, 0.5) is 5.69 Å². The van der Waals surface area contributed by atoms with Crippen LogP contribution in [-0.2, 0) is 16.4 Å². The molecule has 0 aliphatic heterocycles. The molecule has 0 unspecified atom stereocenters. The topological polar surface area (TPSA) is 107 Å². The third-order valence-electron chi connectivity index (χ3n) is 3.91. The number of carbonyl (C=O) groups excluding carboxylic acids is 1. The Morgan fingerprint density at radius 1 is 1.19 bits per heavy atom. The van der Waals surface area contributed by atoms with E-state index in [9.17, 15) is 13.2 Å². The first-order chi connectivity index (χ1) is 12.4. The van der Waals surface area contributed by atoms with E-state index >= 15 is 0 Å². The summed E-state index contributed by atoms with van der Waals surface area (Å²) >= 11 is 0. The van der Waals surface area contributed by atoms with Crippen molar-refractivity contribution in [1.29, 1.82) is 0 Å². The van der Waals surface area contributed by atoms with Gasteiger partial charge in [-0.15, -0.1) is 0 Å². The molecule has 0 saturated heterocycles. The minimum Gasteiger partial charge on any atom is -0.322 e. The Hall–Kier alpha value is -2.97. The molecule has 26 heavy (non-hydrogen) atoms. The molecule has 0 aliphatic carbocycles. The molecule has 0 bridgehead atoms. The molecule has 7 nitrogen and oxygen atoms in total. The van der Waals surface area contributed by atoms with E-state index < -0.39 is 10.0 Å². The van der Waals surface area contributed by atoms with Gasteiger partial charge in [0.2, 0.25) is 10.0 Å². The van der Waals surface area contributed by atoms with Crippen molar-refractivity contribution in [3.8, 4) is 5.69 Å². The van der Waals surface area contributed by atoms with Crippen LogP contribution in [0.3, 0.4) is 0 Å². The molecule has 0 spiro atoms. The lowest BCUT2D eigenvalue weighted by Gasteiger charge is -2.12. The lowest BCUT2D eigenvalue weighted by molar-refractivity contribution is 0.102. The first-order valence-electron chi connectivity index (χ1n) is 7.96. The van der Waals surface area contributed by atoms with Crippen molar-refractivity contribution >= 4 is 21.6 Å². The summed E-state index contributed by atoms with van der Waals surface area (Å²) in [6.45, 7) is 1.84. The number of carbonyl (C=O) groups is 1. The monoisotopic (exact) mass is 370 g/mol. The first kappa shape index (κ1) is 17.8. The fourth-order valence-electron chi connectivity index (χ4n) is 2.66. The van der Waals surface area contributed by atoms with Crippen molar-refractivity contribution in [1.82, 2.24) is 9.78 Å². The highest BCUT2D eigenvalue weighted by Gasteiger charge is 2.17. The molecule has 1 heterocycles. The molecule has 3 rings (SSSR count). The van der Waals surface area contributed by atoms with E-state index in [1.165, 1.54) is 6.07 Å². The number of benzene rings is 2. The molecule has 0 saturated carbocycles. The van der Waals surface area contributed by atoms with E-state index in [0.717, 1.165) is 0 Å². The second-order valence-electron chi connectivity index (χ2n) is 5.64. The van der Waals surface area contributed by atoms with Crippen LogP contribution in [0.1, 0.15) is 22.8 Å². The summed E-state index contributed by atoms with van der Waals surface area (Å²) in [7, 11) is -3.88. The van der Waals surface area contributed by atoms with Crippen LogP contribution in [0.25, 0.3) is 5.69 Å². The molecule has 3 aromatic rings. The molecule has 1 aromatic heterocycles. The SMILES string of the molecule is CCc1ccc(NC(=O)c2ccccc2-n2cccn2)cc1S(N)(=O)=O. The Labute approximate surface area is 151 Å². The maximum Gasteiger partial charge on any atom is 0.257 e. The number of amides is 1. The van der Waals surface area contributed by atoms with Crippen LogP contribution >= 0.6 is 0 Å². The number of primary sulfonamides is 1. The maximum atomic E-state index is 12.7. The number of hydrogen-bond acceptors (Lipinski definition) is 4. The molecule has 0 atom stereocenters. The minimum absolute atomic E-state index is 0.0122. The van der Waals surface area contributed by atoms with Gasteiger partial charge >= 0.3 is 0 Å². The Morgan fingerprint density at radius 2 is 1.96 bits per heavy atom. The van der Waals surface area contributed by atoms with E-state index in [1.807, 2.05) is 13.0 Å². The van der Waals surface area contributed by atoms with Crippen molar-refractivity contribution in [2.75, 3.05) is 5.32 Å². The Balaban J connectivity index is 1.95. The van der Waals surface area contributed by atoms with Gasteiger partial charge in [0.25, 0.3) is 5.91 Å². The number of nitrogens with one attached hydrogen (secondary N) is 1. The van der Waals surface area contributed by atoms with Gasteiger partial charge in [0, 0.05) is 18.1 Å². The summed E-state index contributed by atoms with van der Waals surface area (Å²) in [5, 5.41) is 12.2. The van der Waals surface area contributed by atoms with E-state index in [1.54, 1.807) is 53.5 Å². The zero-order valence-electron chi connectivity index (χ0n) is 14.1. The predicted octanol–water partition coefficient (Wildman–Crippen LogP) is 2.33. The lowest BCUT2D eigenvalue weighted by Crippen LogP contribution is -2.17. The van der Waals surface area contributed by atoms with Gasteiger partial charge in [-0.1, -0.05) is 25.1 Å². The van der Waals surface area contributed by atoms with E-state index in [2.05, 4.69) is 10.4 Å². The highest BCUT2D eigenvalue weighted by atomic mass is 32.2. The smallest absolute Gasteiger partial charge is 0.257 e. The second-order valence-corrected chi connectivity index (χ2v) is 7.17. The quantitative estimate of drug-likeness (QED) is 0.719. The van der Waals surface area contributed by atoms with Crippen molar-refractivity contribution in [2.24, 2.45) is 5.14 Å². The van der Waals surface area contributed by atoms with Gasteiger partial charge < -0.3 is 5.32 Å². The summed E-state index contributed by atoms with van der Waals surface area (Å²) < 4.78 is 25.2. The number of anilines is 1. The maximum absolute atomic E-state index is 12.7. The number of aromatic nitrogens is 2. The van der Waals surface area contributed by atoms with Crippen LogP contribution in [0.15, 0.2) is 65.8 Å². The molecule has 8 heteroatoms. The molecule has 0 radical (unpaired) electrons. The zero-order valence-corrected chi connectivity index (χ0v) is 14.9. The Kier molecular flexibility index (Phi) is 4.88. The summed E-state index contributed by atoms with van der Waals surface area (Å²) in [6.07, 6.45) is 3.87.